The molecule has 49 heavy (non-hydrogen) atoms. The number of unbranched alkanes of at least 4 members (excludes halogenated alkanes) is 1. The van der Waals surface area contributed by atoms with Gasteiger partial charge < -0.3 is 23.8 Å². The van der Waals surface area contributed by atoms with Gasteiger partial charge in [-0.3, -0.25) is 4.79 Å². The number of benzene rings is 1. The monoisotopic (exact) mass is 713 g/mol. The summed E-state index contributed by atoms with van der Waals surface area (Å²) in [5.41, 5.74) is -1.54. The van der Waals surface area contributed by atoms with Gasteiger partial charge >= 0.3 is 28.4 Å². The van der Waals surface area contributed by atoms with E-state index in [0.29, 0.717) is 48.5 Å². The number of hydrogen-bond donors (Lipinski definition) is 1. The van der Waals surface area contributed by atoms with Crippen molar-refractivity contribution in [3.05, 3.63) is 35.7 Å². The molecule has 1 aromatic rings. The van der Waals surface area contributed by atoms with Gasteiger partial charge in [0.2, 0.25) is 0 Å². The van der Waals surface area contributed by atoms with Crippen LogP contribution < -0.4 is 13.8 Å². The number of esters is 1. The summed E-state index contributed by atoms with van der Waals surface area (Å²) in [5, 5.41) is 0. The predicted molar refractivity (Wildman–Crippen MR) is 186 cm³/mol. The summed E-state index contributed by atoms with van der Waals surface area (Å²) in [6, 6.07) is 1.12. The van der Waals surface area contributed by atoms with Crippen LogP contribution in [0.3, 0.4) is 0 Å². The molecule has 0 aliphatic heterocycles. The molecule has 1 aliphatic carbocycles. The maximum Gasteiger partial charge on any atom is 0.422 e. The van der Waals surface area contributed by atoms with Crippen LogP contribution in [0, 0.1) is 11.7 Å². The van der Waals surface area contributed by atoms with Gasteiger partial charge in [-0.05, 0) is 103 Å². The van der Waals surface area contributed by atoms with Gasteiger partial charge in [0.05, 0.1) is 6.61 Å². The maximum atomic E-state index is 17.2. The highest BCUT2D eigenvalue weighted by atomic mass is 32.2. The molecule has 0 heterocycles. The number of aryl methyl sites for hydroxylation is 1. The minimum atomic E-state index is -4.98. The Bertz CT molecular complexity index is 1420. The third kappa shape index (κ3) is 13.4. The number of anilines is 1. The normalized spacial score (nSPS) is 15.0. The van der Waals surface area contributed by atoms with E-state index in [1.807, 2.05) is 20.8 Å². The third-order valence-corrected chi connectivity index (χ3v) is 8.69. The molecule has 0 radical (unpaired) electrons. The Morgan fingerprint density at radius 1 is 1.12 bits per heavy atom. The van der Waals surface area contributed by atoms with E-state index in [2.05, 4.69) is 6.58 Å². The van der Waals surface area contributed by atoms with Crippen molar-refractivity contribution in [3.8, 4) is 5.75 Å². The molecule has 0 saturated heterocycles. The number of fused-ring (bicyclic) bond motifs is 1. The standard InChI is InChI=1S/C35H56FN3O9S/c1-11-13-20-45-28-21-25-15-14-16-26(38(18-17-24(3)4)33(42)48-35(8,9)10)22-27(25)30(36)31(28)39(23-29(40)47-34(5,6)7)49(43,44)37-32(41)46-19-12-2/h12,21,24,26H,2,11,13-20,22-23H2,1,3-10H3,(H,37,41). The Labute approximate surface area is 291 Å². The number of ether oxygens (including phenoxy) is 4. The lowest BCUT2D eigenvalue weighted by atomic mass is 9.98. The SMILES string of the molecule is C=CCOC(=O)NS(=O)(=O)N(CC(=O)OC(C)(C)C)c1c(OCCCC)cc2c(c1F)CC(N(CCC(C)C)C(=O)OC(C)(C)C)CCC2. The molecule has 14 heteroatoms. The number of carbonyl (C=O) groups excluding carboxylic acids is 3. The average molecular weight is 714 g/mol. The molecule has 0 spiro atoms. The molecule has 1 aliphatic rings. The second-order valence-corrected chi connectivity index (χ2v) is 16.2. The van der Waals surface area contributed by atoms with Crippen LogP contribution in [0.4, 0.5) is 19.7 Å². The third-order valence-electron chi connectivity index (χ3n) is 7.37. The van der Waals surface area contributed by atoms with Crippen molar-refractivity contribution >= 4 is 34.1 Å². The molecule has 1 N–H and O–H groups in total. The van der Waals surface area contributed by atoms with Crippen LogP contribution in [0.2, 0.25) is 0 Å². The molecule has 0 bridgehead atoms. The summed E-state index contributed by atoms with van der Waals surface area (Å²) in [7, 11) is -4.98. The Kier molecular flexibility index (Phi) is 15.2. The highest BCUT2D eigenvalue weighted by Gasteiger charge is 2.38. The van der Waals surface area contributed by atoms with Crippen LogP contribution in [0.15, 0.2) is 18.7 Å². The van der Waals surface area contributed by atoms with E-state index in [1.165, 1.54) is 6.08 Å². The van der Waals surface area contributed by atoms with Gasteiger partial charge in [-0.25, -0.2) is 23.0 Å². The van der Waals surface area contributed by atoms with Crippen LogP contribution in [-0.4, -0.2) is 75.0 Å². The molecule has 1 unspecified atom stereocenters. The molecule has 0 fully saturated rings. The lowest BCUT2D eigenvalue weighted by Crippen LogP contribution is -2.48. The zero-order valence-corrected chi connectivity index (χ0v) is 31.5. The minimum Gasteiger partial charge on any atom is -0.491 e. The molecule has 2 rings (SSSR count). The molecule has 1 aromatic carbocycles. The lowest BCUT2D eigenvalue weighted by molar-refractivity contribution is -0.152. The number of halogens is 1. The van der Waals surface area contributed by atoms with Crippen molar-refractivity contribution in [3.63, 3.8) is 0 Å². The first-order valence-corrected chi connectivity index (χ1v) is 18.4. The van der Waals surface area contributed by atoms with Crippen molar-refractivity contribution in [2.24, 2.45) is 5.92 Å². The number of rotatable bonds is 15. The van der Waals surface area contributed by atoms with Crippen LogP contribution in [0.25, 0.3) is 0 Å². The fourth-order valence-electron chi connectivity index (χ4n) is 5.19. The Hall–Kier alpha value is -3.55. The first-order chi connectivity index (χ1) is 22.7. The van der Waals surface area contributed by atoms with E-state index >= 15 is 4.39 Å². The summed E-state index contributed by atoms with van der Waals surface area (Å²) in [6.45, 7) is 18.9. The van der Waals surface area contributed by atoms with E-state index in [0.717, 1.165) is 6.42 Å². The van der Waals surface area contributed by atoms with Gasteiger partial charge in [0.1, 0.15) is 35.8 Å². The topological polar surface area (TPSA) is 141 Å². The summed E-state index contributed by atoms with van der Waals surface area (Å²) in [6.07, 6.45) is 3.05. The van der Waals surface area contributed by atoms with Gasteiger partial charge in [0.25, 0.3) is 0 Å². The molecule has 2 amide bonds. The second kappa shape index (κ2) is 17.9. The quantitative estimate of drug-likeness (QED) is 0.0680. The average Bonchev–Trinajstić information content (AvgIpc) is 3.16. The highest BCUT2D eigenvalue weighted by molar-refractivity contribution is 7.91. The largest absolute Gasteiger partial charge is 0.491 e. The van der Waals surface area contributed by atoms with Crippen LogP contribution >= 0.6 is 0 Å². The van der Waals surface area contributed by atoms with E-state index < -0.39 is 63.7 Å². The first kappa shape index (κ1) is 41.6. The lowest BCUT2D eigenvalue weighted by Gasteiger charge is -2.34. The number of hydrogen-bond acceptors (Lipinski definition) is 9. The maximum absolute atomic E-state index is 17.2. The van der Waals surface area contributed by atoms with Crippen molar-refractivity contribution in [1.29, 1.82) is 0 Å². The van der Waals surface area contributed by atoms with Crippen molar-refractivity contribution in [2.75, 3.05) is 30.6 Å². The fraction of sp³-hybridized carbons (Fsp3) is 0.686. The van der Waals surface area contributed by atoms with E-state index in [9.17, 15) is 22.8 Å². The summed E-state index contributed by atoms with van der Waals surface area (Å²) in [5.74, 6) is -1.77. The van der Waals surface area contributed by atoms with E-state index in [1.54, 1.807) is 57.2 Å². The molecule has 278 valence electrons. The number of carbonyl (C=O) groups is 3. The van der Waals surface area contributed by atoms with Gasteiger partial charge in [0.15, 0.2) is 5.82 Å². The molecular weight excluding hydrogens is 657 g/mol. The molecule has 0 aromatic heterocycles. The number of amides is 2. The van der Waals surface area contributed by atoms with Gasteiger partial charge in [-0.2, -0.15) is 8.42 Å². The van der Waals surface area contributed by atoms with Crippen molar-refractivity contribution in [1.82, 2.24) is 9.62 Å². The zero-order chi connectivity index (χ0) is 37.2. The zero-order valence-electron chi connectivity index (χ0n) is 30.6. The van der Waals surface area contributed by atoms with Gasteiger partial charge in [0, 0.05) is 12.6 Å². The molecule has 1 atom stereocenters. The van der Waals surface area contributed by atoms with Crippen LogP contribution in [-0.2, 0) is 42.1 Å². The minimum absolute atomic E-state index is 0.0515. The smallest absolute Gasteiger partial charge is 0.422 e. The molecule has 0 saturated carbocycles. The van der Waals surface area contributed by atoms with Crippen molar-refractivity contribution in [2.45, 2.75) is 125 Å². The number of nitrogens with one attached hydrogen (secondary N) is 1. The van der Waals surface area contributed by atoms with Gasteiger partial charge in [-0.1, -0.05) is 39.8 Å². The predicted octanol–water partition coefficient (Wildman–Crippen LogP) is 6.84. The summed E-state index contributed by atoms with van der Waals surface area (Å²) in [4.78, 5) is 40.7. The second-order valence-electron chi connectivity index (χ2n) is 14.6. The van der Waals surface area contributed by atoms with E-state index in [4.69, 9.17) is 18.9 Å². The van der Waals surface area contributed by atoms with Crippen LogP contribution in [0.5, 0.6) is 5.75 Å². The summed E-state index contributed by atoms with van der Waals surface area (Å²) < 4.78 is 69.0. The highest BCUT2D eigenvalue weighted by Crippen LogP contribution is 2.40. The molecule has 12 nitrogen and oxygen atoms in total. The van der Waals surface area contributed by atoms with Crippen LogP contribution in [0.1, 0.15) is 106 Å². The molecular formula is C35H56FN3O9S. The Balaban J connectivity index is 2.78. The summed E-state index contributed by atoms with van der Waals surface area (Å²) >= 11 is 0. The Morgan fingerprint density at radius 3 is 2.35 bits per heavy atom. The van der Waals surface area contributed by atoms with Crippen molar-refractivity contribution < 1.29 is 46.1 Å². The number of nitrogens with zero attached hydrogens (tertiary/aromatic N) is 2. The Morgan fingerprint density at radius 2 is 1.78 bits per heavy atom. The van der Waals surface area contributed by atoms with E-state index in [-0.39, 0.29) is 36.9 Å². The fourth-order valence-corrected chi connectivity index (χ4v) is 6.26. The first-order valence-electron chi connectivity index (χ1n) is 17.0. The van der Waals surface area contributed by atoms with Gasteiger partial charge in [-0.15, -0.1) is 0 Å².